The Kier molecular flexibility index (Phi) is 3.06. The van der Waals surface area contributed by atoms with Gasteiger partial charge in [-0.05, 0) is 17.7 Å². The van der Waals surface area contributed by atoms with Crippen LogP contribution in [0.1, 0.15) is 5.56 Å². The van der Waals surface area contributed by atoms with E-state index in [0.29, 0.717) is 5.56 Å². The predicted molar refractivity (Wildman–Crippen MR) is 43.8 cm³/mol. The molecule has 0 aliphatic carbocycles. The highest BCUT2D eigenvalue weighted by Gasteiger charge is 2.27. The van der Waals surface area contributed by atoms with E-state index in [2.05, 4.69) is 16.3 Å². The number of aliphatic hydroxyl groups excluding tert-OH is 1. The molecule has 0 saturated heterocycles. The molecule has 5 heteroatoms. The van der Waals surface area contributed by atoms with Gasteiger partial charge >= 0.3 is 5.57 Å². The maximum absolute atomic E-state index is 12.1. The molecule has 1 aromatic rings. The first kappa shape index (κ1) is 10.2. The molecule has 1 aromatic carbocycles. The van der Waals surface area contributed by atoms with Crippen molar-refractivity contribution in [2.45, 2.75) is 12.2 Å². The van der Waals surface area contributed by atoms with Crippen LogP contribution >= 0.6 is 11.6 Å². The summed E-state index contributed by atoms with van der Waals surface area (Å²) in [6, 6.07) is 5.69. The number of halogens is 3. The van der Waals surface area contributed by atoms with E-state index in [9.17, 15) is 8.78 Å². The third-order valence-corrected chi connectivity index (χ3v) is 1.39. The molecular formula is C8H7ClF2O2. The van der Waals surface area contributed by atoms with E-state index in [-0.39, 0.29) is 12.4 Å². The van der Waals surface area contributed by atoms with E-state index in [1.54, 1.807) is 6.07 Å². The summed E-state index contributed by atoms with van der Waals surface area (Å²) in [7, 11) is 0. The quantitative estimate of drug-likeness (QED) is 0.773. The van der Waals surface area contributed by atoms with Crippen LogP contribution in [0.2, 0.25) is 0 Å². The first-order valence-corrected chi connectivity index (χ1v) is 3.84. The molecule has 72 valence electrons. The fourth-order valence-corrected chi connectivity index (χ4v) is 0.930. The van der Waals surface area contributed by atoms with Crippen molar-refractivity contribution in [1.82, 2.24) is 0 Å². The molecule has 0 aromatic heterocycles. The lowest BCUT2D eigenvalue weighted by molar-refractivity contribution is -0.0965. The molecule has 1 N–H and O–H groups in total. The molecule has 0 heterocycles. The molecule has 0 aliphatic rings. The Balaban J connectivity index is 2.78. The Morgan fingerprint density at radius 2 is 2.15 bits per heavy atom. The number of rotatable bonds is 3. The van der Waals surface area contributed by atoms with Crippen molar-refractivity contribution in [3.05, 3.63) is 29.8 Å². The van der Waals surface area contributed by atoms with Crippen LogP contribution in [0.4, 0.5) is 8.78 Å². The van der Waals surface area contributed by atoms with Crippen molar-refractivity contribution >= 4 is 11.6 Å². The second-order valence-electron chi connectivity index (χ2n) is 2.35. The highest BCUT2D eigenvalue weighted by Crippen LogP contribution is 2.25. The van der Waals surface area contributed by atoms with E-state index < -0.39 is 5.57 Å². The van der Waals surface area contributed by atoms with E-state index in [1.807, 2.05) is 0 Å². The van der Waals surface area contributed by atoms with Crippen LogP contribution < -0.4 is 4.74 Å². The molecule has 0 fully saturated rings. The minimum atomic E-state index is -3.71. The molecule has 0 saturated carbocycles. The fourth-order valence-electron chi connectivity index (χ4n) is 0.841. The molecule has 0 radical (unpaired) electrons. The van der Waals surface area contributed by atoms with Crippen molar-refractivity contribution in [3.63, 3.8) is 0 Å². The topological polar surface area (TPSA) is 29.5 Å². The Bertz CT molecular complexity index is 286. The normalized spacial score (nSPS) is 11.4. The van der Waals surface area contributed by atoms with Gasteiger partial charge in [-0.2, -0.15) is 0 Å². The van der Waals surface area contributed by atoms with Crippen molar-refractivity contribution < 1.29 is 18.6 Å². The molecule has 0 aliphatic heterocycles. The average molecular weight is 209 g/mol. The third-order valence-electron chi connectivity index (χ3n) is 1.31. The number of alkyl halides is 3. The monoisotopic (exact) mass is 208 g/mol. The number of benzene rings is 1. The maximum Gasteiger partial charge on any atom is 0.487 e. The van der Waals surface area contributed by atoms with Crippen LogP contribution in [-0.4, -0.2) is 10.7 Å². The largest absolute Gasteiger partial charge is 0.487 e. The smallest absolute Gasteiger partial charge is 0.420 e. The van der Waals surface area contributed by atoms with Gasteiger partial charge in [-0.15, -0.1) is 8.78 Å². The van der Waals surface area contributed by atoms with Gasteiger partial charge in [0.05, 0.1) is 6.61 Å². The Hall–Kier alpha value is -0.870. The van der Waals surface area contributed by atoms with E-state index in [0.717, 1.165) is 0 Å². The summed E-state index contributed by atoms with van der Waals surface area (Å²) in [4.78, 5) is 0. The van der Waals surface area contributed by atoms with Gasteiger partial charge in [0, 0.05) is 11.6 Å². The number of aliphatic hydroxyl groups is 1. The summed E-state index contributed by atoms with van der Waals surface area (Å²) in [5.41, 5.74) is -3.23. The van der Waals surface area contributed by atoms with Gasteiger partial charge < -0.3 is 9.84 Å². The minimum absolute atomic E-state index is 0.0773. The van der Waals surface area contributed by atoms with Gasteiger partial charge in [0.2, 0.25) is 0 Å². The van der Waals surface area contributed by atoms with Crippen molar-refractivity contribution in [1.29, 1.82) is 0 Å². The Morgan fingerprint density at radius 3 is 2.69 bits per heavy atom. The molecule has 0 amide bonds. The van der Waals surface area contributed by atoms with Gasteiger partial charge in [0.15, 0.2) is 0 Å². The first-order valence-electron chi connectivity index (χ1n) is 3.47. The highest BCUT2D eigenvalue weighted by molar-refractivity contribution is 6.20. The van der Waals surface area contributed by atoms with Crippen molar-refractivity contribution in [3.8, 4) is 5.75 Å². The van der Waals surface area contributed by atoms with Crippen molar-refractivity contribution in [2.75, 3.05) is 0 Å². The zero-order valence-electron chi connectivity index (χ0n) is 6.51. The Morgan fingerprint density at radius 1 is 1.46 bits per heavy atom. The molecule has 1 rings (SSSR count). The van der Waals surface area contributed by atoms with Crippen LogP contribution in [0.5, 0.6) is 5.75 Å². The summed E-state index contributed by atoms with van der Waals surface area (Å²) >= 11 is 4.55. The number of ether oxygens (including phenoxy) is 1. The van der Waals surface area contributed by atoms with E-state index in [1.165, 1.54) is 18.2 Å². The molecule has 0 bridgehead atoms. The predicted octanol–water partition coefficient (Wildman–Crippen LogP) is 2.35. The van der Waals surface area contributed by atoms with E-state index >= 15 is 0 Å². The molecular weight excluding hydrogens is 202 g/mol. The second-order valence-corrected chi connectivity index (χ2v) is 2.79. The van der Waals surface area contributed by atoms with Gasteiger partial charge in [0.25, 0.3) is 0 Å². The standard InChI is InChI=1S/C8H7ClF2O2/c9-8(10,11)13-7-3-1-2-6(4-7)5-12/h1-4,12H,5H2. The molecule has 0 atom stereocenters. The zero-order chi connectivity index (χ0) is 9.90. The van der Waals surface area contributed by atoms with Crippen molar-refractivity contribution in [2.24, 2.45) is 0 Å². The average Bonchev–Trinajstić information content (AvgIpc) is 2.01. The summed E-state index contributed by atoms with van der Waals surface area (Å²) in [5.74, 6) is -0.0773. The number of hydrogen-bond donors (Lipinski definition) is 1. The lowest BCUT2D eigenvalue weighted by Crippen LogP contribution is -2.15. The van der Waals surface area contributed by atoms with Gasteiger partial charge in [-0.1, -0.05) is 12.1 Å². The van der Waals surface area contributed by atoms with Gasteiger partial charge in [0.1, 0.15) is 5.75 Å². The first-order chi connectivity index (χ1) is 6.01. The van der Waals surface area contributed by atoms with Crippen LogP contribution in [0.15, 0.2) is 24.3 Å². The SMILES string of the molecule is OCc1cccc(OC(F)(F)Cl)c1. The number of hydrogen-bond acceptors (Lipinski definition) is 2. The second kappa shape index (κ2) is 3.89. The van der Waals surface area contributed by atoms with Crippen LogP contribution in [0.3, 0.4) is 0 Å². The van der Waals surface area contributed by atoms with Crippen LogP contribution in [-0.2, 0) is 6.61 Å². The summed E-state index contributed by atoms with van der Waals surface area (Å²) in [6.45, 7) is -0.231. The highest BCUT2D eigenvalue weighted by atomic mass is 35.5. The molecule has 0 unspecified atom stereocenters. The minimum Gasteiger partial charge on any atom is -0.420 e. The Labute approximate surface area is 78.7 Å². The zero-order valence-corrected chi connectivity index (χ0v) is 7.26. The lowest BCUT2D eigenvalue weighted by Gasteiger charge is -2.10. The van der Waals surface area contributed by atoms with Crippen LogP contribution in [0.25, 0.3) is 0 Å². The maximum atomic E-state index is 12.1. The summed E-state index contributed by atoms with van der Waals surface area (Å²) in [5, 5.41) is 8.68. The van der Waals surface area contributed by atoms with Crippen LogP contribution in [0, 0.1) is 0 Å². The summed E-state index contributed by atoms with van der Waals surface area (Å²) in [6.07, 6.45) is 0. The molecule has 13 heavy (non-hydrogen) atoms. The van der Waals surface area contributed by atoms with E-state index in [4.69, 9.17) is 5.11 Å². The third kappa shape index (κ3) is 3.57. The van der Waals surface area contributed by atoms with Gasteiger partial charge in [-0.25, -0.2) is 0 Å². The van der Waals surface area contributed by atoms with Gasteiger partial charge in [-0.3, -0.25) is 0 Å². The summed E-state index contributed by atoms with van der Waals surface area (Å²) < 4.78 is 28.3. The molecule has 0 spiro atoms. The molecule has 2 nitrogen and oxygen atoms in total. The lowest BCUT2D eigenvalue weighted by atomic mass is 10.2. The fraction of sp³-hybridized carbons (Fsp3) is 0.250.